The summed E-state index contributed by atoms with van der Waals surface area (Å²) in [5, 5.41) is 4.05. The van der Waals surface area contributed by atoms with Crippen molar-refractivity contribution < 1.29 is 18.8 Å². The average Bonchev–Trinajstić information content (AvgIpc) is 3.10. The van der Waals surface area contributed by atoms with Crippen molar-refractivity contribution in [3.63, 3.8) is 0 Å². The summed E-state index contributed by atoms with van der Waals surface area (Å²) in [6.45, 7) is 7.91. The predicted molar refractivity (Wildman–Crippen MR) is 96.3 cm³/mol. The first-order valence-corrected chi connectivity index (χ1v) is 8.57. The summed E-state index contributed by atoms with van der Waals surface area (Å²) in [5.74, 6) is 1.30. The molecular formula is C18H24N4O4. The van der Waals surface area contributed by atoms with Crippen molar-refractivity contribution in [3.8, 4) is 17.1 Å². The average molecular weight is 360 g/mol. The summed E-state index contributed by atoms with van der Waals surface area (Å²) in [4.78, 5) is 20.3. The zero-order valence-electron chi connectivity index (χ0n) is 15.6. The fourth-order valence-corrected chi connectivity index (χ4v) is 2.61. The summed E-state index contributed by atoms with van der Waals surface area (Å²) >= 11 is 0. The van der Waals surface area contributed by atoms with Crippen LogP contribution in [-0.2, 0) is 4.74 Å². The summed E-state index contributed by atoms with van der Waals surface area (Å²) in [6.07, 6.45) is -0.290. The lowest BCUT2D eigenvalue weighted by Crippen LogP contribution is -2.50. The van der Waals surface area contributed by atoms with Gasteiger partial charge in [-0.3, -0.25) is 0 Å². The van der Waals surface area contributed by atoms with Crippen LogP contribution in [0.4, 0.5) is 10.8 Å². The van der Waals surface area contributed by atoms with Gasteiger partial charge in [0.05, 0.1) is 7.11 Å². The Morgan fingerprint density at radius 1 is 1.12 bits per heavy atom. The quantitative estimate of drug-likeness (QED) is 0.832. The van der Waals surface area contributed by atoms with E-state index in [2.05, 4.69) is 10.1 Å². The number of amides is 1. The number of ether oxygens (including phenoxy) is 2. The standard InChI is InChI=1S/C18H24N4O4/c1-18(2,3)25-17(23)22-11-9-21(10-12-22)16-19-15(20-26-16)13-5-7-14(24-4)8-6-13/h5-8H,9-12H2,1-4H3. The van der Waals surface area contributed by atoms with Gasteiger partial charge in [0.2, 0.25) is 5.82 Å². The number of hydrogen-bond acceptors (Lipinski definition) is 7. The highest BCUT2D eigenvalue weighted by atomic mass is 16.6. The number of benzene rings is 1. The van der Waals surface area contributed by atoms with E-state index in [1.807, 2.05) is 49.9 Å². The Morgan fingerprint density at radius 2 is 1.77 bits per heavy atom. The zero-order chi connectivity index (χ0) is 18.7. The molecule has 0 bridgehead atoms. The lowest BCUT2D eigenvalue weighted by atomic mass is 10.2. The minimum atomic E-state index is -0.492. The van der Waals surface area contributed by atoms with E-state index in [1.165, 1.54) is 0 Å². The van der Waals surface area contributed by atoms with Crippen molar-refractivity contribution in [2.75, 3.05) is 38.2 Å². The highest BCUT2D eigenvalue weighted by molar-refractivity contribution is 5.68. The number of aromatic nitrogens is 2. The summed E-state index contributed by atoms with van der Waals surface area (Å²) in [7, 11) is 1.62. The molecule has 0 N–H and O–H groups in total. The Morgan fingerprint density at radius 3 is 2.35 bits per heavy atom. The van der Waals surface area contributed by atoms with Crippen LogP contribution in [-0.4, -0.2) is 60.0 Å². The van der Waals surface area contributed by atoms with Gasteiger partial charge in [-0.2, -0.15) is 4.98 Å². The third-order valence-corrected chi connectivity index (χ3v) is 3.97. The number of hydrogen-bond donors (Lipinski definition) is 0. The van der Waals surface area contributed by atoms with Gasteiger partial charge in [0.15, 0.2) is 0 Å². The van der Waals surface area contributed by atoms with Gasteiger partial charge in [0.25, 0.3) is 0 Å². The number of piperazine rings is 1. The van der Waals surface area contributed by atoms with Crippen LogP contribution in [0, 0.1) is 0 Å². The van der Waals surface area contributed by atoms with Crippen molar-refractivity contribution in [1.82, 2.24) is 15.0 Å². The van der Waals surface area contributed by atoms with Crippen molar-refractivity contribution in [2.45, 2.75) is 26.4 Å². The van der Waals surface area contributed by atoms with E-state index in [0.717, 1.165) is 11.3 Å². The van der Waals surface area contributed by atoms with Gasteiger partial charge in [-0.15, -0.1) is 0 Å². The molecule has 0 unspecified atom stereocenters. The van der Waals surface area contributed by atoms with Gasteiger partial charge in [0.1, 0.15) is 11.4 Å². The molecule has 1 aromatic heterocycles. The molecule has 3 rings (SSSR count). The van der Waals surface area contributed by atoms with E-state index in [-0.39, 0.29) is 6.09 Å². The topological polar surface area (TPSA) is 80.9 Å². The number of methoxy groups -OCH3 is 1. The molecule has 0 radical (unpaired) electrons. The maximum atomic E-state index is 12.1. The Hall–Kier alpha value is -2.77. The van der Waals surface area contributed by atoms with Crippen LogP contribution in [0.3, 0.4) is 0 Å². The zero-order valence-corrected chi connectivity index (χ0v) is 15.6. The minimum Gasteiger partial charge on any atom is -0.497 e. The Labute approximate surface area is 152 Å². The molecule has 2 aromatic rings. The third-order valence-electron chi connectivity index (χ3n) is 3.97. The molecule has 8 heteroatoms. The lowest BCUT2D eigenvalue weighted by molar-refractivity contribution is 0.0238. The van der Waals surface area contributed by atoms with E-state index in [4.69, 9.17) is 14.0 Å². The summed E-state index contributed by atoms with van der Waals surface area (Å²) in [6, 6.07) is 7.93. The molecule has 1 aromatic carbocycles. The Bertz CT molecular complexity index is 743. The molecule has 0 saturated carbocycles. The number of carbonyl (C=O) groups excluding carboxylic acids is 1. The lowest BCUT2D eigenvalue weighted by Gasteiger charge is -2.34. The van der Waals surface area contributed by atoms with Crippen molar-refractivity contribution in [2.24, 2.45) is 0 Å². The van der Waals surface area contributed by atoms with Gasteiger partial charge in [-0.25, -0.2) is 4.79 Å². The SMILES string of the molecule is COc1ccc(-c2noc(N3CCN(C(=O)OC(C)(C)C)CC3)n2)cc1. The fraction of sp³-hybridized carbons (Fsp3) is 0.500. The monoisotopic (exact) mass is 360 g/mol. The molecule has 0 spiro atoms. The first-order chi connectivity index (χ1) is 12.4. The molecule has 26 heavy (non-hydrogen) atoms. The third kappa shape index (κ3) is 4.25. The Balaban J connectivity index is 1.60. The number of anilines is 1. The van der Waals surface area contributed by atoms with Crippen molar-refractivity contribution in [3.05, 3.63) is 24.3 Å². The molecule has 1 amide bonds. The molecular weight excluding hydrogens is 336 g/mol. The van der Waals surface area contributed by atoms with Gasteiger partial charge < -0.3 is 23.8 Å². The molecule has 0 atom stereocenters. The first-order valence-electron chi connectivity index (χ1n) is 8.57. The maximum Gasteiger partial charge on any atom is 0.410 e. The van der Waals surface area contributed by atoms with Crippen LogP contribution in [0.2, 0.25) is 0 Å². The van der Waals surface area contributed by atoms with Crippen LogP contribution < -0.4 is 9.64 Å². The van der Waals surface area contributed by atoms with Gasteiger partial charge in [-0.05, 0) is 45.0 Å². The fourth-order valence-electron chi connectivity index (χ4n) is 2.61. The maximum absolute atomic E-state index is 12.1. The van der Waals surface area contributed by atoms with Gasteiger partial charge in [0, 0.05) is 31.7 Å². The van der Waals surface area contributed by atoms with Crippen molar-refractivity contribution in [1.29, 1.82) is 0 Å². The molecule has 1 aliphatic rings. The van der Waals surface area contributed by atoms with Crippen LogP contribution >= 0.6 is 0 Å². The van der Waals surface area contributed by atoms with Gasteiger partial charge >= 0.3 is 12.1 Å². The van der Waals surface area contributed by atoms with E-state index in [9.17, 15) is 4.79 Å². The second kappa shape index (κ2) is 7.23. The second-order valence-corrected chi connectivity index (χ2v) is 7.08. The van der Waals surface area contributed by atoms with Crippen LogP contribution in [0.1, 0.15) is 20.8 Å². The number of nitrogens with zero attached hydrogens (tertiary/aromatic N) is 4. The normalized spacial score (nSPS) is 15.1. The van der Waals surface area contributed by atoms with E-state index >= 15 is 0 Å². The van der Waals surface area contributed by atoms with Gasteiger partial charge in [-0.1, -0.05) is 5.16 Å². The molecule has 1 fully saturated rings. The summed E-state index contributed by atoms with van der Waals surface area (Å²) in [5.41, 5.74) is 0.363. The van der Waals surface area contributed by atoms with E-state index in [0.29, 0.717) is 38.0 Å². The second-order valence-electron chi connectivity index (χ2n) is 7.08. The smallest absolute Gasteiger partial charge is 0.410 e. The van der Waals surface area contributed by atoms with Crippen LogP contribution in [0.5, 0.6) is 5.75 Å². The molecule has 0 aliphatic carbocycles. The predicted octanol–water partition coefficient (Wildman–Crippen LogP) is 2.80. The molecule has 2 heterocycles. The molecule has 8 nitrogen and oxygen atoms in total. The first kappa shape index (κ1) is 18.0. The molecule has 1 saturated heterocycles. The number of carbonyl (C=O) groups is 1. The van der Waals surface area contributed by atoms with E-state index in [1.54, 1.807) is 12.0 Å². The highest BCUT2D eigenvalue weighted by Crippen LogP contribution is 2.23. The number of rotatable bonds is 3. The largest absolute Gasteiger partial charge is 0.497 e. The van der Waals surface area contributed by atoms with Crippen LogP contribution in [0.15, 0.2) is 28.8 Å². The van der Waals surface area contributed by atoms with Crippen molar-refractivity contribution >= 4 is 12.1 Å². The molecule has 140 valence electrons. The van der Waals surface area contributed by atoms with Crippen LogP contribution in [0.25, 0.3) is 11.4 Å². The summed E-state index contributed by atoms with van der Waals surface area (Å²) < 4.78 is 15.9. The Kier molecular flexibility index (Phi) is 5.01. The minimum absolute atomic E-state index is 0.290. The molecule has 1 aliphatic heterocycles. The van der Waals surface area contributed by atoms with E-state index < -0.39 is 5.60 Å². The highest BCUT2D eigenvalue weighted by Gasteiger charge is 2.27.